The van der Waals surface area contributed by atoms with E-state index in [4.69, 9.17) is 11.6 Å². The molecule has 0 saturated heterocycles. The van der Waals surface area contributed by atoms with Crippen molar-refractivity contribution in [3.8, 4) is 0 Å². The zero-order chi connectivity index (χ0) is 12.1. The van der Waals surface area contributed by atoms with Crippen molar-refractivity contribution in [3.05, 3.63) is 33.8 Å². The number of alkyl halides is 1. The Bertz CT molecular complexity index is 360. The summed E-state index contributed by atoms with van der Waals surface area (Å²) in [5.74, 6) is -0.283. The summed E-state index contributed by atoms with van der Waals surface area (Å²) in [5, 5.41) is 2.98. The minimum absolute atomic E-state index is 0.0520. The van der Waals surface area contributed by atoms with E-state index in [9.17, 15) is 8.78 Å². The molecule has 0 aliphatic carbocycles. The topological polar surface area (TPSA) is 12.0 Å². The van der Waals surface area contributed by atoms with Gasteiger partial charge in [0.2, 0.25) is 0 Å². The molecule has 1 unspecified atom stereocenters. The van der Waals surface area contributed by atoms with Crippen LogP contribution < -0.4 is 5.32 Å². The lowest BCUT2D eigenvalue weighted by atomic mass is 10.1. The molecule has 1 aromatic carbocycles. The fraction of sp³-hybridized carbons (Fsp3) is 0.455. The molecule has 1 nitrogen and oxygen atoms in total. The van der Waals surface area contributed by atoms with Gasteiger partial charge in [-0.05, 0) is 40.5 Å². The van der Waals surface area contributed by atoms with Crippen LogP contribution in [0.15, 0.2) is 16.6 Å². The molecule has 16 heavy (non-hydrogen) atoms. The first kappa shape index (κ1) is 13.9. The molecule has 0 radical (unpaired) electrons. The smallest absolute Gasteiger partial charge is 0.144 e. The van der Waals surface area contributed by atoms with Crippen molar-refractivity contribution >= 4 is 27.5 Å². The largest absolute Gasteiger partial charge is 0.312 e. The summed E-state index contributed by atoms with van der Waals surface area (Å²) in [6, 6.07) is 2.60. The molecule has 1 atom stereocenters. The first-order chi connectivity index (χ1) is 7.56. The molecule has 5 heteroatoms. The molecule has 0 heterocycles. The molecule has 0 saturated carbocycles. The summed E-state index contributed by atoms with van der Waals surface area (Å²) in [7, 11) is 0. The van der Waals surface area contributed by atoms with Gasteiger partial charge in [0.25, 0.3) is 0 Å². The van der Waals surface area contributed by atoms with Crippen LogP contribution in [0, 0.1) is 17.6 Å². The highest BCUT2D eigenvalue weighted by Gasteiger charge is 2.12. The van der Waals surface area contributed by atoms with Crippen molar-refractivity contribution < 1.29 is 8.78 Å². The van der Waals surface area contributed by atoms with Crippen LogP contribution in [0.3, 0.4) is 0 Å². The Balaban J connectivity index is 2.63. The van der Waals surface area contributed by atoms with Crippen LogP contribution in [0.5, 0.6) is 0 Å². The minimum atomic E-state index is -0.550. The van der Waals surface area contributed by atoms with Gasteiger partial charge in [-0.2, -0.15) is 0 Å². The van der Waals surface area contributed by atoms with Crippen LogP contribution in [-0.4, -0.2) is 12.4 Å². The predicted molar refractivity (Wildman–Crippen MR) is 65.6 cm³/mol. The van der Waals surface area contributed by atoms with Crippen LogP contribution in [0.2, 0.25) is 0 Å². The van der Waals surface area contributed by atoms with E-state index in [2.05, 4.69) is 21.2 Å². The van der Waals surface area contributed by atoms with Gasteiger partial charge < -0.3 is 5.32 Å². The van der Waals surface area contributed by atoms with E-state index in [0.29, 0.717) is 12.4 Å². The quantitative estimate of drug-likeness (QED) is 0.646. The van der Waals surface area contributed by atoms with Crippen LogP contribution in [0.4, 0.5) is 8.78 Å². The molecule has 90 valence electrons. The maximum Gasteiger partial charge on any atom is 0.144 e. The molecule has 1 rings (SSSR count). The summed E-state index contributed by atoms with van der Waals surface area (Å²) in [6.07, 6.45) is 0. The minimum Gasteiger partial charge on any atom is -0.312 e. The SMILES string of the molecule is CC(CCl)CNCc1c(F)ccc(Br)c1F. The number of benzene rings is 1. The van der Waals surface area contributed by atoms with Gasteiger partial charge in [-0.3, -0.25) is 0 Å². The standard InChI is InChI=1S/C11H13BrClF2N/c1-7(4-13)5-16-6-8-10(14)3-2-9(12)11(8)15/h2-3,7,16H,4-6H2,1H3. The predicted octanol–water partition coefficient (Wildman–Crippen LogP) is 3.69. The van der Waals surface area contributed by atoms with Gasteiger partial charge in [0.15, 0.2) is 0 Å². The van der Waals surface area contributed by atoms with Crippen molar-refractivity contribution in [2.24, 2.45) is 5.92 Å². The lowest BCUT2D eigenvalue weighted by Crippen LogP contribution is -2.22. The second-order valence-corrected chi connectivity index (χ2v) is 4.88. The highest BCUT2D eigenvalue weighted by atomic mass is 79.9. The number of halogens is 4. The fourth-order valence-corrected chi connectivity index (χ4v) is 1.71. The molecule has 1 N–H and O–H groups in total. The third kappa shape index (κ3) is 3.68. The molecule has 0 aliphatic rings. The van der Waals surface area contributed by atoms with Crippen LogP contribution in [0.25, 0.3) is 0 Å². The Kier molecular flexibility index (Phi) is 5.66. The molecule has 0 fully saturated rings. The summed E-state index contributed by atoms with van der Waals surface area (Å²) < 4.78 is 27.1. The number of nitrogens with one attached hydrogen (secondary N) is 1. The Labute approximate surface area is 107 Å². The third-order valence-corrected chi connectivity index (χ3v) is 3.34. The van der Waals surface area contributed by atoms with Crippen molar-refractivity contribution in [2.75, 3.05) is 12.4 Å². The van der Waals surface area contributed by atoms with E-state index in [1.165, 1.54) is 12.1 Å². The molecular weight excluding hydrogens is 299 g/mol. The van der Waals surface area contributed by atoms with Gasteiger partial charge in [0.05, 0.1) is 4.47 Å². The first-order valence-corrected chi connectivity index (χ1v) is 6.28. The molecule has 0 bridgehead atoms. The van der Waals surface area contributed by atoms with E-state index >= 15 is 0 Å². The van der Waals surface area contributed by atoms with E-state index in [0.717, 1.165) is 0 Å². The summed E-state index contributed by atoms with van der Waals surface area (Å²) >= 11 is 8.65. The van der Waals surface area contributed by atoms with Crippen molar-refractivity contribution in [3.63, 3.8) is 0 Å². The normalized spacial score (nSPS) is 12.8. The lowest BCUT2D eigenvalue weighted by Gasteiger charge is -2.11. The summed E-state index contributed by atoms with van der Waals surface area (Å²) in [5.41, 5.74) is 0.0520. The number of hydrogen-bond donors (Lipinski definition) is 1. The highest BCUT2D eigenvalue weighted by Crippen LogP contribution is 2.21. The average Bonchev–Trinajstić information content (AvgIpc) is 2.28. The molecule has 0 amide bonds. The molecule has 0 spiro atoms. The van der Waals surface area contributed by atoms with Crippen LogP contribution >= 0.6 is 27.5 Å². The summed E-state index contributed by atoms with van der Waals surface area (Å²) in [4.78, 5) is 0. The van der Waals surface area contributed by atoms with E-state index in [1.807, 2.05) is 6.92 Å². The monoisotopic (exact) mass is 311 g/mol. The zero-order valence-corrected chi connectivity index (χ0v) is 11.2. The lowest BCUT2D eigenvalue weighted by molar-refractivity contribution is 0.507. The second-order valence-electron chi connectivity index (χ2n) is 3.71. The first-order valence-electron chi connectivity index (χ1n) is 4.95. The van der Waals surface area contributed by atoms with Crippen molar-refractivity contribution in [1.82, 2.24) is 5.32 Å². The third-order valence-electron chi connectivity index (χ3n) is 2.20. The maximum atomic E-state index is 13.5. The Morgan fingerprint density at radius 2 is 2.12 bits per heavy atom. The van der Waals surface area contributed by atoms with Gasteiger partial charge >= 0.3 is 0 Å². The van der Waals surface area contributed by atoms with Crippen LogP contribution in [0.1, 0.15) is 12.5 Å². The highest BCUT2D eigenvalue weighted by molar-refractivity contribution is 9.10. The van der Waals surface area contributed by atoms with E-state index < -0.39 is 11.6 Å². The van der Waals surface area contributed by atoms with Gasteiger partial charge in [0.1, 0.15) is 11.6 Å². The van der Waals surface area contributed by atoms with E-state index in [-0.39, 0.29) is 22.5 Å². The Morgan fingerprint density at radius 3 is 2.75 bits per heavy atom. The number of rotatable bonds is 5. The van der Waals surface area contributed by atoms with Gasteiger partial charge in [-0.1, -0.05) is 6.92 Å². The molecule has 0 aromatic heterocycles. The average molecular weight is 313 g/mol. The number of hydrogen-bond acceptors (Lipinski definition) is 1. The Hall–Kier alpha value is -0.190. The van der Waals surface area contributed by atoms with Gasteiger partial charge in [-0.25, -0.2) is 8.78 Å². The zero-order valence-electron chi connectivity index (χ0n) is 8.87. The van der Waals surface area contributed by atoms with Crippen molar-refractivity contribution in [1.29, 1.82) is 0 Å². The molecular formula is C11H13BrClF2N. The summed E-state index contributed by atoms with van der Waals surface area (Å²) in [6.45, 7) is 2.76. The Morgan fingerprint density at radius 1 is 1.44 bits per heavy atom. The fourth-order valence-electron chi connectivity index (χ4n) is 1.23. The van der Waals surface area contributed by atoms with E-state index in [1.54, 1.807) is 0 Å². The van der Waals surface area contributed by atoms with Gasteiger partial charge in [0, 0.05) is 18.0 Å². The van der Waals surface area contributed by atoms with Crippen molar-refractivity contribution in [2.45, 2.75) is 13.5 Å². The van der Waals surface area contributed by atoms with Gasteiger partial charge in [-0.15, -0.1) is 11.6 Å². The van der Waals surface area contributed by atoms with Crippen LogP contribution in [-0.2, 0) is 6.54 Å². The maximum absolute atomic E-state index is 13.5. The molecule has 0 aliphatic heterocycles. The molecule has 1 aromatic rings. The second kappa shape index (κ2) is 6.52.